The topological polar surface area (TPSA) is 42.0 Å². The second kappa shape index (κ2) is 4.26. The molecule has 0 saturated heterocycles. The summed E-state index contributed by atoms with van der Waals surface area (Å²) in [7, 11) is 0. The molecule has 0 aliphatic heterocycles. The van der Waals surface area contributed by atoms with Crippen LogP contribution in [-0.2, 0) is 0 Å². The number of pyridine rings is 1. The van der Waals surface area contributed by atoms with Crippen molar-refractivity contribution in [2.75, 3.05) is 0 Å². The van der Waals surface area contributed by atoms with E-state index in [1.54, 1.807) is 0 Å². The van der Waals surface area contributed by atoms with E-state index in [1.807, 2.05) is 0 Å². The van der Waals surface area contributed by atoms with Crippen LogP contribution >= 0.6 is 15.9 Å². The molecule has 0 atom stereocenters. The normalized spacial score (nSPS) is 15.9. The van der Waals surface area contributed by atoms with E-state index in [0.29, 0.717) is 0 Å². The zero-order valence-corrected chi connectivity index (χ0v) is 9.55. The average Bonchev–Trinajstić information content (AvgIpc) is 2.15. The van der Waals surface area contributed by atoms with Crippen molar-refractivity contribution in [2.24, 2.45) is 0 Å². The number of nitrogens with one attached hydrogen (secondary N) is 1. The Morgan fingerprint density at radius 1 is 1.53 bits per heavy atom. The lowest BCUT2D eigenvalue weighted by atomic mass is 9.93. The zero-order chi connectivity index (χ0) is 10.8. The number of hydrogen-bond acceptors (Lipinski definition) is 2. The maximum atomic E-state index is 12.9. The predicted octanol–water partition coefficient (Wildman–Crippen LogP) is 2.27. The molecule has 1 fully saturated rings. The Morgan fingerprint density at radius 2 is 2.27 bits per heavy atom. The van der Waals surface area contributed by atoms with Gasteiger partial charge in [0, 0.05) is 6.04 Å². The Balaban J connectivity index is 2.07. The number of carbonyl (C=O) groups excluding carboxylic acids is 1. The van der Waals surface area contributed by atoms with Gasteiger partial charge >= 0.3 is 0 Å². The van der Waals surface area contributed by atoms with Gasteiger partial charge in [-0.15, -0.1) is 0 Å². The number of halogens is 2. The summed E-state index contributed by atoms with van der Waals surface area (Å²) in [6.45, 7) is 0. The van der Waals surface area contributed by atoms with E-state index in [9.17, 15) is 9.18 Å². The van der Waals surface area contributed by atoms with Crippen LogP contribution in [0.15, 0.2) is 16.7 Å². The summed E-state index contributed by atoms with van der Waals surface area (Å²) < 4.78 is 12.9. The fraction of sp³-hybridized carbons (Fsp3) is 0.400. The number of aromatic nitrogens is 1. The highest BCUT2D eigenvalue weighted by Crippen LogP contribution is 2.19. The van der Waals surface area contributed by atoms with E-state index in [2.05, 4.69) is 26.2 Å². The van der Waals surface area contributed by atoms with Crippen LogP contribution in [0.4, 0.5) is 4.39 Å². The molecule has 0 spiro atoms. The van der Waals surface area contributed by atoms with Crippen LogP contribution in [0.5, 0.6) is 0 Å². The Hall–Kier alpha value is -0.970. The average molecular weight is 273 g/mol. The van der Waals surface area contributed by atoms with Crippen molar-refractivity contribution in [2.45, 2.75) is 25.3 Å². The molecule has 1 N–H and O–H groups in total. The van der Waals surface area contributed by atoms with Crippen LogP contribution in [-0.4, -0.2) is 16.9 Å². The molecule has 1 aliphatic carbocycles. The summed E-state index contributed by atoms with van der Waals surface area (Å²) in [6, 6.07) is 2.88. The first-order valence-electron chi connectivity index (χ1n) is 4.80. The molecule has 1 aromatic rings. The van der Waals surface area contributed by atoms with E-state index in [1.165, 1.54) is 12.1 Å². The third kappa shape index (κ3) is 2.34. The molecule has 0 radical (unpaired) electrons. The number of rotatable bonds is 2. The maximum absolute atomic E-state index is 12.9. The van der Waals surface area contributed by atoms with Crippen LogP contribution in [0.3, 0.4) is 0 Å². The highest BCUT2D eigenvalue weighted by Gasteiger charge is 2.20. The Labute approximate surface area is 95.2 Å². The standard InChI is InChI=1S/C10H10BrFN2O/c11-9-7(12)4-5-8(14-9)10(15)13-6-2-1-3-6/h4-6H,1-3H2,(H,13,15). The van der Waals surface area contributed by atoms with Crippen molar-refractivity contribution >= 4 is 21.8 Å². The van der Waals surface area contributed by atoms with Gasteiger partial charge in [-0.3, -0.25) is 4.79 Å². The van der Waals surface area contributed by atoms with E-state index in [0.717, 1.165) is 19.3 Å². The van der Waals surface area contributed by atoms with Gasteiger partial charge in [0.1, 0.15) is 10.3 Å². The van der Waals surface area contributed by atoms with Crippen molar-refractivity contribution in [3.63, 3.8) is 0 Å². The molecule has 3 nitrogen and oxygen atoms in total. The molecule has 0 unspecified atom stereocenters. The molecule has 15 heavy (non-hydrogen) atoms. The van der Waals surface area contributed by atoms with Gasteiger partial charge in [0.2, 0.25) is 0 Å². The molecule has 0 aromatic carbocycles. The first-order valence-corrected chi connectivity index (χ1v) is 5.59. The third-order valence-electron chi connectivity index (χ3n) is 2.48. The summed E-state index contributed by atoms with van der Waals surface area (Å²) in [5.74, 6) is -0.699. The van der Waals surface area contributed by atoms with Gasteiger partial charge in [-0.2, -0.15) is 0 Å². The smallest absolute Gasteiger partial charge is 0.270 e. The first-order chi connectivity index (χ1) is 7.16. The van der Waals surface area contributed by atoms with Crippen LogP contribution in [0.2, 0.25) is 0 Å². The number of hydrogen-bond donors (Lipinski definition) is 1. The second-order valence-corrected chi connectivity index (χ2v) is 4.32. The molecule has 0 bridgehead atoms. The van der Waals surface area contributed by atoms with Crippen LogP contribution in [0.1, 0.15) is 29.8 Å². The second-order valence-electron chi connectivity index (χ2n) is 3.57. The van der Waals surface area contributed by atoms with E-state index in [4.69, 9.17) is 0 Å². The van der Waals surface area contributed by atoms with Crippen molar-refractivity contribution < 1.29 is 9.18 Å². The molecule has 5 heteroatoms. The van der Waals surface area contributed by atoms with Crippen molar-refractivity contribution in [3.8, 4) is 0 Å². The summed E-state index contributed by atoms with van der Waals surface area (Å²) in [6.07, 6.45) is 3.20. The quantitative estimate of drug-likeness (QED) is 0.840. The van der Waals surface area contributed by atoms with Gasteiger partial charge in [-0.1, -0.05) is 0 Å². The summed E-state index contributed by atoms with van der Waals surface area (Å²) in [5, 5.41) is 2.83. The first kappa shape index (κ1) is 10.5. The van der Waals surface area contributed by atoms with E-state index in [-0.39, 0.29) is 22.2 Å². The van der Waals surface area contributed by atoms with Gasteiger partial charge in [0.25, 0.3) is 5.91 Å². The third-order valence-corrected chi connectivity index (χ3v) is 3.03. The van der Waals surface area contributed by atoms with E-state index < -0.39 is 5.82 Å². The Morgan fingerprint density at radius 3 is 2.80 bits per heavy atom. The van der Waals surface area contributed by atoms with Gasteiger partial charge in [-0.25, -0.2) is 9.37 Å². The molecule has 1 amide bonds. The van der Waals surface area contributed by atoms with Crippen LogP contribution in [0, 0.1) is 5.82 Å². The molecule has 1 saturated carbocycles. The van der Waals surface area contributed by atoms with Crippen LogP contribution in [0.25, 0.3) is 0 Å². The van der Waals surface area contributed by atoms with Gasteiger partial charge in [0.15, 0.2) is 5.82 Å². The lowest BCUT2D eigenvalue weighted by Gasteiger charge is -2.26. The fourth-order valence-electron chi connectivity index (χ4n) is 1.36. The molecule has 1 aromatic heterocycles. The Kier molecular flexibility index (Phi) is 3.00. The number of amides is 1. The van der Waals surface area contributed by atoms with Crippen molar-refractivity contribution in [3.05, 3.63) is 28.2 Å². The van der Waals surface area contributed by atoms with Gasteiger partial charge in [0.05, 0.1) is 0 Å². The lowest BCUT2D eigenvalue weighted by molar-refractivity contribution is 0.0911. The minimum atomic E-state index is -0.463. The summed E-state index contributed by atoms with van der Waals surface area (Å²) >= 11 is 2.95. The molecule has 1 heterocycles. The highest BCUT2D eigenvalue weighted by atomic mass is 79.9. The number of carbonyl (C=O) groups is 1. The summed E-state index contributed by atoms with van der Waals surface area (Å²) in [4.78, 5) is 15.4. The molecule has 80 valence electrons. The molecular formula is C10H10BrFN2O. The molecular weight excluding hydrogens is 263 g/mol. The monoisotopic (exact) mass is 272 g/mol. The minimum absolute atomic E-state index is 0.0729. The zero-order valence-electron chi connectivity index (χ0n) is 7.96. The number of nitrogens with zero attached hydrogens (tertiary/aromatic N) is 1. The SMILES string of the molecule is O=C(NC1CCC1)c1ccc(F)c(Br)n1. The lowest BCUT2D eigenvalue weighted by Crippen LogP contribution is -2.39. The van der Waals surface area contributed by atoms with Gasteiger partial charge in [-0.05, 0) is 47.3 Å². The van der Waals surface area contributed by atoms with Crippen LogP contribution < -0.4 is 5.32 Å². The molecule has 2 rings (SSSR count). The van der Waals surface area contributed by atoms with Crippen molar-refractivity contribution in [1.82, 2.24) is 10.3 Å². The largest absolute Gasteiger partial charge is 0.348 e. The summed E-state index contributed by atoms with van der Waals surface area (Å²) in [5.41, 5.74) is 0.246. The maximum Gasteiger partial charge on any atom is 0.270 e. The van der Waals surface area contributed by atoms with Gasteiger partial charge < -0.3 is 5.32 Å². The molecule has 1 aliphatic rings. The minimum Gasteiger partial charge on any atom is -0.348 e. The fourth-order valence-corrected chi connectivity index (χ4v) is 1.68. The van der Waals surface area contributed by atoms with Crippen molar-refractivity contribution in [1.29, 1.82) is 0 Å². The predicted molar refractivity (Wildman–Crippen MR) is 57.0 cm³/mol. The van der Waals surface area contributed by atoms with E-state index >= 15 is 0 Å². The highest BCUT2D eigenvalue weighted by molar-refractivity contribution is 9.10. The Bertz CT molecular complexity index is 393.